The zero-order valence-electron chi connectivity index (χ0n) is 9.48. The van der Waals surface area contributed by atoms with Crippen LogP contribution in [0.2, 0.25) is 0 Å². The van der Waals surface area contributed by atoms with E-state index in [9.17, 15) is 4.79 Å². The lowest BCUT2D eigenvalue weighted by atomic mass is 10.0. The standard InChI is InChI=1S/C14H12BrNO/c1-10-4-2-6-12(14(10)15)13(17)8-11-5-3-7-16-9-11/h2-7,9H,8H2,1H3. The van der Waals surface area contributed by atoms with Gasteiger partial charge in [-0.25, -0.2) is 0 Å². The SMILES string of the molecule is Cc1cccc(C(=O)Cc2cccnc2)c1Br. The summed E-state index contributed by atoms with van der Waals surface area (Å²) >= 11 is 3.46. The first-order valence-electron chi connectivity index (χ1n) is 5.35. The minimum absolute atomic E-state index is 0.105. The number of ketones is 1. The lowest BCUT2D eigenvalue weighted by molar-refractivity contribution is 0.0992. The van der Waals surface area contributed by atoms with Crippen LogP contribution in [0.3, 0.4) is 0 Å². The largest absolute Gasteiger partial charge is 0.294 e. The van der Waals surface area contributed by atoms with Gasteiger partial charge in [0, 0.05) is 28.9 Å². The van der Waals surface area contributed by atoms with Gasteiger partial charge in [-0.3, -0.25) is 9.78 Å². The number of halogens is 1. The first-order chi connectivity index (χ1) is 8.18. The number of nitrogens with zero attached hydrogens (tertiary/aromatic N) is 1. The minimum atomic E-state index is 0.105. The molecular weight excluding hydrogens is 278 g/mol. The zero-order chi connectivity index (χ0) is 12.3. The first kappa shape index (κ1) is 12.0. The van der Waals surface area contributed by atoms with E-state index in [4.69, 9.17) is 0 Å². The molecule has 0 aliphatic carbocycles. The third kappa shape index (κ3) is 2.80. The molecule has 0 atom stereocenters. The van der Waals surface area contributed by atoms with Crippen molar-refractivity contribution < 1.29 is 4.79 Å². The Labute approximate surface area is 109 Å². The number of pyridine rings is 1. The van der Waals surface area contributed by atoms with Crippen molar-refractivity contribution in [2.75, 3.05) is 0 Å². The fourth-order valence-corrected chi connectivity index (χ4v) is 2.13. The van der Waals surface area contributed by atoms with E-state index in [1.54, 1.807) is 12.4 Å². The third-order valence-corrected chi connectivity index (χ3v) is 3.63. The lowest BCUT2D eigenvalue weighted by Crippen LogP contribution is -2.05. The molecule has 0 N–H and O–H groups in total. The Kier molecular flexibility index (Phi) is 3.69. The van der Waals surface area contributed by atoms with Crippen molar-refractivity contribution in [2.45, 2.75) is 13.3 Å². The molecule has 1 aromatic heterocycles. The molecule has 2 rings (SSSR count). The van der Waals surface area contributed by atoms with Crippen molar-refractivity contribution in [3.63, 3.8) is 0 Å². The topological polar surface area (TPSA) is 30.0 Å². The smallest absolute Gasteiger partial charge is 0.168 e. The van der Waals surface area contributed by atoms with Gasteiger partial charge in [0.1, 0.15) is 0 Å². The van der Waals surface area contributed by atoms with Crippen molar-refractivity contribution in [1.82, 2.24) is 4.98 Å². The van der Waals surface area contributed by atoms with Crippen molar-refractivity contribution in [3.05, 3.63) is 63.9 Å². The quantitative estimate of drug-likeness (QED) is 0.809. The van der Waals surface area contributed by atoms with Crippen LogP contribution in [0, 0.1) is 6.92 Å². The molecule has 2 nitrogen and oxygen atoms in total. The fraction of sp³-hybridized carbons (Fsp3) is 0.143. The van der Waals surface area contributed by atoms with Gasteiger partial charge in [0.15, 0.2) is 5.78 Å². The number of benzene rings is 1. The molecule has 86 valence electrons. The average Bonchev–Trinajstić information content (AvgIpc) is 2.34. The van der Waals surface area contributed by atoms with Crippen molar-refractivity contribution >= 4 is 21.7 Å². The second kappa shape index (κ2) is 5.23. The summed E-state index contributed by atoms with van der Waals surface area (Å²) in [4.78, 5) is 16.1. The monoisotopic (exact) mass is 289 g/mol. The summed E-state index contributed by atoms with van der Waals surface area (Å²) < 4.78 is 0.883. The highest BCUT2D eigenvalue weighted by atomic mass is 79.9. The Balaban J connectivity index is 2.24. The molecule has 0 aliphatic rings. The predicted molar refractivity (Wildman–Crippen MR) is 71.2 cm³/mol. The highest BCUT2D eigenvalue weighted by molar-refractivity contribution is 9.10. The molecule has 2 aromatic rings. The van der Waals surface area contributed by atoms with Crippen LogP contribution in [0.5, 0.6) is 0 Å². The van der Waals surface area contributed by atoms with Crippen molar-refractivity contribution in [1.29, 1.82) is 0 Å². The van der Waals surface area contributed by atoms with Crippen LogP contribution in [0.25, 0.3) is 0 Å². The Morgan fingerprint density at radius 1 is 1.29 bits per heavy atom. The molecule has 3 heteroatoms. The van der Waals surface area contributed by atoms with E-state index in [0.717, 1.165) is 21.2 Å². The molecule has 0 unspecified atom stereocenters. The summed E-state index contributed by atoms with van der Waals surface area (Å²) in [5, 5.41) is 0. The molecular formula is C14H12BrNO. The van der Waals surface area contributed by atoms with Crippen LogP contribution in [-0.2, 0) is 6.42 Å². The van der Waals surface area contributed by atoms with Gasteiger partial charge in [0.2, 0.25) is 0 Å². The van der Waals surface area contributed by atoms with Crippen LogP contribution >= 0.6 is 15.9 Å². The molecule has 17 heavy (non-hydrogen) atoms. The normalized spacial score (nSPS) is 10.2. The molecule has 0 fully saturated rings. The molecule has 0 amide bonds. The third-order valence-electron chi connectivity index (χ3n) is 2.58. The van der Waals surface area contributed by atoms with Crippen molar-refractivity contribution in [3.8, 4) is 0 Å². The summed E-state index contributed by atoms with van der Waals surface area (Å²) in [6, 6.07) is 9.47. The molecule has 0 radical (unpaired) electrons. The van der Waals surface area contributed by atoms with E-state index in [1.165, 1.54) is 0 Å². The maximum Gasteiger partial charge on any atom is 0.168 e. The number of carbonyl (C=O) groups is 1. The minimum Gasteiger partial charge on any atom is -0.294 e. The van der Waals surface area contributed by atoms with E-state index >= 15 is 0 Å². The summed E-state index contributed by atoms with van der Waals surface area (Å²) in [5.41, 5.74) is 2.74. The van der Waals surface area contributed by atoms with Gasteiger partial charge < -0.3 is 0 Å². The van der Waals surface area contributed by atoms with Crippen LogP contribution in [0.4, 0.5) is 0 Å². The lowest BCUT2D eigenvalue weighted by Gasteiger charge is -2.06. The van der Waals surface area contributed by atoms with Gasteiger partial charge in [0.05, 0.1) is 0 Å². The highest BCUT2D eigenvalue weighted by Crippen LogP contribution is 2.22. The van der Waals surface area contributed by atoms with E-state index in [-0.39, 0.29) is 5.78 Å². The van der Waals surface area contributed by atoms with Crippen LogP contribution in [0.1, 0.15) is 21.5 Å². The molecule has 1 aromatic carbocycles. The van der Waals surface area contributed by atoms with Gasteiger partial charge in [-0.1, -0.05) is 24.3 Å². The number of hydrogen-bond acceptors (Lipinski definition) is 2. The van der Waals surface area contributed by atoms with E-state index < -0.39 is 0 Å². The number of carbonyl (C=O) groups excluding carboxylic acids is 1. The second-order valence-corrected chi connectivity index (χ2v) is 4.69. The maximum absolute atomic E-state index is 12.1. The predicted octanol–water partition coefficient (Wildman–Crippen LogP) is 3.58. The summed E-state index contributed by atoms with van der Waals surface area (Å²) in [5.74, 6) is 0.105. The Hall–Kier alpha value is -1.48. The molecule has 0 aliphatic heterocycles. The number of hydrogen-bond donors (Lipinski definition) is 0. The Morgan fingerprint density at radius 2 is 2.12 bits per heavy atom. The number of Topliss-reactive ketones (excluding diaryl/α,β-unsaturated/α-hetero) is 1. The molecule has 0 saturated heterocycles. The number of aromatic nitrogens is 1. The summed E-state index contributed by atoms with van der Waals surface area (Å²) in [7, 11) is 0. The van der Waals surface area contributed by atoms with Crippen LogP contribution in [0.15, 0.2) is 47.2 Å². The van der Waals surface area contributed by atoms with Gasteiger partial charge in [-0.15, -0.1) is 0 Å². The van der Waals surface area contributed by atoms with Crippen LogP contribution in [-0.4, -0.2) is 10.8 Å². The Bertz CT molecular complexity index is 537. The first-order valence-corrected chi connectivity index (χ1v) is 6.15. The van der Waals surface area contributed by atoms with Gasteiger partial charge in [0.25, 0.3) is 0 Å². The fourth-order valence-electron chi connectivity index (χ4n) is 1.65. The van der Waals surface area contributed by atoms with E-state index in [0.29, 0.717) is 6.42 Å². The van der Waals surface area contributed by atoms with Gasteiger partial charge in [-0.2, -0.15) is 0 Å². The average molecular weight is 290 g/mol. The van der Waals surface area contributed by atoms with Gasteiger partial charge >= 0.3 is 0 Å². The number of rotatable bonds is 3. The molecule has 1 heterocycles. The molecule has 0 spiro atoms. The van der Waals surface area contributed by atoms with Crippen LogP contribution < -0.4 is 0 Å². The zero-order valence-corrected chi connectivity index (χ0v) is 11.1. The van der Waals surface area contributed by atoms with Crippen molar-refractivity contribution in [2.24, 2.45) is 0 Å². The Morgan fingerprint density at radius 3 is 2.82 bits per heavy atom. The van der Waals surface area contributed by atoms with Gasteiger partial charge in [-0.05, 0) is 40.0 Å². The summed E-state index contributed by atoms with van der Waals surface area (Å²) in [6.45, 7) is 1.98. The molecule has 0 bridgehead atoms. The second-order valence-electron chi connectivity index (χ2n) is 3.90. The number of aryl methyl sites for hydroxylation is 1. The summed E-state index contributed by atoms with van der Waals surface area (Å²) in [6.07, 6.45) is 3.81. The molecule has 0 saturated carbocycles. The highest BCUT2D eigenvalue weighted by Gasteiger charge is 2.11. The maximum atomic E-state index is 12.1. The van der Waals surface area contributed by atoms with E-state index in [1.807, 2.05) is 37.3 Å². The van der Waals surface area contributed by atoms with E-state index in [2.05, 4.69) is 20.9 Å².